The molecule has 0 saturated carbocycles. The fourth-order valence-corrected chi connectivity index (χ4v) is 2.36. The first kappa shape index (κ1) is 14.4. The van der Waals surface area contributed by atoms with Crippen molar-refractivity contribution in [1.82, 2.24) is 4.90 Å². The third-order valence-electron chi connectivity index (χ3n) is 3.46. The van der Waals surface area contributed by atoms with Crippen LogP contribution in [0.15, 0.2) is 18.2 Å². The number of ether oxygens (including phenoxy) is 1. The largest absolute Gasteiger partial charge is 0.453 e. The molecule has 1 aliphatic heterocycles. The molecule has 1 N–H and O–H groups in total. The molecule has 0 atom stereocenters. The monoisotopic (exact) mass is 276 g/mol. The summed E-state index contributed by atoms with van der Waals surface area (Å²) in [5, 5.41) is 2.64. The van der Waals surface area contributed by atoms with E-state index in [0.29, 0.717) is 12.2 Å². The molecule has 0 bridgehead atoms. The van der Waals surface area contributed by atoms with Gasteiger partial charge >= 0.3 is 6.09 Å². The Balaban J connectivity index is 2.15. The maximum absolute atomic E-state index is 12.1. The van der Waals surface area contributed by atoms with Gasteiger partial charge in [0, 0.05) is 24.7 Å². The van der Waals surface area contributed by atoms with Gasteiger partial charge in [-0.25, -0.2) is 4.79 Å². The standard InChI is InChI=1S/C15H20N2O3/c1-10(2)14(18)17-7-6-11-4-5-13(8-12(11)9-17)16-15(19)20-3/h4-5,8,10H,6-7,9H2,1-3H3,(H,16,19). The molecule has 5 heteroatoms. The second-order valence-corrected chi connectivity index (χ2v) is 5.26. The minimum atomic E-state index is -0.490. The number of hydrogen-bond donors (Lipinski definition) is 1. The zero-order valence-corrected chi connectivity index (χ0v) is 12.1. The van der Waals surface area contributed by atoms with E-state index in [0.717, 1.165) is 18.5 Å². The highest BCUT2D eigenvalue weighted by molar-refractivity contribution is 5.84. The summed E-state index contributed by atoms with van der Waals surface area (Å²) in [5.74, 6) is 0.176. The average Bonchev–Trinajstić information content (AvgIpc) is 2.45. The average molecular weight is 276 g/mol. The lowest BCUT2D eigenvalue weighted by molar-refractivity contribution is -0.135. The fraction of sp³-hybridized carbons (Fsp3) is 0.467. The molecule has 1 aromatic carbocycles. The van der Waals surface area contributed by atoms with Gasteiger partial charge in [-0.2, -0.15) is 0 Å². The van der Waals surface area contributed by atoms with Crippen molar-refractivity contribution in [2.75, 3.05) is 19.0 Å². The Morgan fingerprint density at radius 1 is 1.30 bits per heavy atom. The predicted octanol–water partition coefficient (Wildman–Crippen LogP) is 2.41. The van der Waals surface area contributed by atoms with E-state index in [2.05, 4.69) is 10.1 Å². The number of nitrogens with zero attached hydrogens (tertiary/aromatic N) is 1. The lowest BCUT2D eigenvalue weighted by Crippen LogP contribution is -2.38. The highest BCUT2D eigenvalue weighted by atomic mass is 16.5. The second-order valence-electron chi connectivity index (χ2n) is 5.26. The third-order valence-corrected chi connectivity index (χ3v) is 3.46. The van der Waals surface area contributed by atoms with Gasteiger partial charge in [0.1, 0.15) is 0 Å². The Morgan fingerprint density at radius 3 is 2.70 bits per heavy atom. The highest BCUT2D eigenvalue weighted by Gasteiger charge is 2.22. The van der Waals surface area contributed by atoms with E-state index in [1.54, 1.807) is 0 Å². The Hall–Kier alpha value is -2.04. The summed E-state index contributed by atoms with van der Waals surface area (Å²) < 4.78 is 4.57. The van der Waals surface area contributed by atoms with Gasteiger partial charge in [-0.3, -0.25) is 10.1 Å². The molecule has 1 aromatic rings. The second kappa shape index (κ2) is 5.94. The van der Waals surface area contributed by atoms with Crippen molar-refractivity contribution in [3.63, 3.8) is 0 Å². The molecule has 0 aliphatic carbocycles. The molecule has 0 spiro atoms. The van der Waals surface area contributed by atoms with Crippen LogP contribution in [-0.4, -0.2) is 30.6 Å². The first-order valence-electron chi connectivity index (χ1n) is 6.77. The number of methoxy groups -OCH3 is 1. The smallest absolute Gasteiger partial charge is 0.411 e. The Morgan fingerprint density at radius 2 is 2.05 bits per heavy atom. The summed E-state index contributed by atoms with van der Waals surface area (Å²) in [6, 6.07) is 5.76. The third kappa shape index (κ3) is 3.10. The van der Waals surface area contributed by atoms with Gasteiger partial charge in [-0.15, -0.1) is 0 Å². The molecule has 108 valence electrons. The quantitative estimate of drug-likeness (QED) is 0.902. The van der Waals surface area contributed by atoms with Crippen LogP contribution < -0.4 is 5.32 Å². The number of rotatable bonds is 2. The van der Waals surface area contributed by atoms with Crippen molar-refractivity contribution in [1.29, 1.82) is 0 Å². The lowest BCUT2D eigenvalue weighted by atomic mass is 9.98. The van der Waals surface area contributed by atoms with E-state index in [-0.39, 0.29) is 11.8 Å². The maximum Gasteiger partial charge on any atom is 0.411 e. The van der Waals surface area contributed by atoms with Crippen LogP contribution >= 0.6 is 0 Å². The predicted molar refractivity (Wildman–Crippen MR) is 76.4 cm³/mol. The Kier molecular flexibility index (Phi) is 4.27. The first-order chi connectivity index (χ1) is 9.51. The summed E-state index contributed by atoms with van der Waals surface area (Å²) in [6.45, 7) is 5.18. The summed E-state index contributed by atoms with van der Waals surface area (Å²) in [5.41, 5.74) is 3.00. The van der Waals surface area contributed by atoms with E-state index in [4.69, 9.17) is 0 Å². The Bertz CT molecular complexity index is 526. The molecular weight excluding hydrogens is 256 g/mol. The van der Waals surface area contributed by atoms with Crippen LogP contribution in [0.4, 0.5) is 10.5 Å². The van der Waals surface area contributed by atoms with E-state index < -0.39 is 6.09 Å². The molecule has 1 heterocycles. The van der Waals surface area contributed by atoms with Crippen LogP contribution in [-0.2, 0) is 22.5 Å². The molecule has 0 saturated heterocycles. The number of anilines is 1. The SMILES string of the molecule is COC(=O)Nc1ccc2c(c1)CN(C(=O)C(C)C)CC2. The molecule has 5 nitrogen and oxygen atoms in total. The normalized spacial score (nSPS) is 13.9. The molecule has 0 fully saturated rings. The summed E-state index contributed by atoms with van der Waals surface area (Å²) in [7, 11) is 1.33. The van der Waals surface area contributed by atoms with Crippen molar-refractivity contribution >= 4 is 17.7 Å². The van der Waals surface area contributed by atoms with Crippen LogP contribution in [0.3, 0.4) is 0 Å². The van der Waals surface area contributed by atoms with Gasteiger partial charge in [-0.1, -0.05) is 19.9 Å². The van der Waals surface area contributed by atoms with Crippen LogP contribution in [0.2, 0.25) is 0 Å². The number of nitrogens with one attached hydrogen (secondary N) is 1. The molecule has 0 unspecified atom stereocenters. The molecular formula is C15H20N2O3. The summed E-state index contributed by atoms with van der Waals surface area (Å²) >= 11 is 0. The van der Waals surface area contributed by atoms with Gasteiger partial charge in [0.25, 0.3) is 0 Å². The van der Waals surface area contributed by atoms with E-state index >= 15 is 0 Å². The van der Waals surface area contributed by atoms with Crippen molar-refractivity contribution < 1.29 is 14.3 Å². The topological polar surface area (TPSA) is 58.6 Å². The fourth-order valence-electron chi connectivity index (χ4n) is 2.36. The lowest BCUT2D eigenvalue weighted by Gasteiger charge is -2.30. The van der Waals surface area contributed by atoms with Crippen molar-refractivity contribution in [2.45, 2.75) is 26.8 Å². The minimum Gasteiger partial charge on any atom is -0.453 e. The highest BCUT2D eigenvalue weighted by Crippen LogP contribution is 2.23. The van der Waals surface area contributed by atoms with Crippen LogP contribution in [0.1, 0.15) is 25.0 Å². The van der Waals surface area contributed by atoms with Gasteiger partial charge in [0.15, 0.2) is 0 Å². The molecule has 2 rings (SSSR count). The van der Waals surface area contributed by atoms with Gasteiger partial charge < -0.3 is 9.64 Å². The molecule has 0 aromatic heterocycles. The zero-order valence-electron chi connectivity index (χ0n) is 12.1. The Labute approximate surface area is 118 Å². The van der Waals surface area contributed by atoms with Crippen LogP contribution in [0.5, 0.6) is 0 Å². The van der Waals surface area contributed by atoms with Crippen molar-refractivity contribution in [2.24, 2.45) is 5.92 Å². The van der Waals surface area contributed by atoms with Gasteiger partial charge in [0.05, 0.1) is 7.11 Å². The summed E-state index contributed by atoms with van der Waals surface area (Å²) in [6.07, 6.45) is 0.364. The van der Waals surface area contributed by atoms with Crippen molar-refractivity contribution in [3.05, 3.63) is 29.3 Å². The van der Waals surface area contributed by atoms with Crippen LogP contribution in [0, 0.1) is 5.92 Å². The first-order valence-corrected chi connectivity index (χ1v) is 6.77. The van der Waals surface area contributed by atoms with Gasteiger partial charge in [-0.05, 0) is 29.7 Å². The van der Waals surface area contributed by atoms with E-state index in [1.807, 2.05) is 36.9 Å². The molecule has 20 heavy (non-hydrogen) atoms. The molecule has 2 amide bonds. The minimum absolute atomic E-state index is 0.00734. The van der Waals surface area contributed by atoms with E-state index in [1.165, 1.54) is 12.7 Å². The zero-order chi connectivity index (χ0) is 14.7. The van der Waals surface area contributed by atoms with Gasteiger partial charge in [0.2, 0.25) is 5.91 Å². The number of benzene rings is 1. The molecule has 1 aliphatic rings. The maximum atomic E-state index is 12.1. The number of amides is 2. The summed E-state index contributed by atoms with van der Waals surface area (Å²) in [4.78, 5) is 25.1. The number of carbonyl (C=O) groups is 2. The number of fused-ring (bicyclic) bond motifs is 1. The number of carbonyl (C=O) groups excluding carboxylic acids is 2. The van der Waals surface area contributed by atoms with Crippen molar-refractivity contribution in [3.8, 4) is 0 Å². The van der Waals surface area contributed by atoms with Crippen LogP contribution in [0.25, 0.3) is 0 Å². The number of hydrogen-bond acceptors (Lipinski definition) is 3. The van der Waals surface area contributed by atoms with E-state index in [9.17, 15) is 9.59 Å². The molecule has 0 radical (unpaired) electrons.